The number of hydrogen-bond donors (Lipinski definition) is 1. The molecule has 15 heavy (non-hydrogen) atoms. The minimum absolute atomic E-state index is 0.269. The Morgan fingerprint density at radius 1 is 1.27 bits per heavy atom. The molecule has 1 heteroatoms. The van der Waals surface area contributed by atoms with E-state index in [1.165, 1.54) is 16.7 Å². The smallest absolute Gasteiger partial charge is 0.0420 e. The van der Waals surface area contributed by atoms with Gasteiger partial charge in [-0.3, -0.25) is 0 Å². The van der Waals surface area contributed by atoms with Crippen LogP contribution in [0.4, 0.5) is 5.69 Å². The molecule has 0 saturated heterocycles. The number of benzene rings is 1. The van der Waals surface area contributed by atoms with Gasteiger partial charge in [0, 0.05) is 17.3 Å². The maximum Gasteiger partial charge on any atom is 0.0420 e. The van der Waals surface area contributed by atoms with Crippen molar-refractivity contribution in [2.24, 2.45) is 0 Å². The monoisotopic (exact) mass is 201 g/mol. The Kier molecular flexibility index (Phi) is 3.73. The van der Waals surface area contributed by atoms with Crippen LogP contribution in [-0.2, 0) is 0 Å². The molecule has 0 bridgehead atoms. The van der Waals surface area contributed by atoms with Gasteiger partial charge >= 0.3 is 0 Å². The quantitative estimate of drug-likeness (QED) is 0.728. The zero-order chi connectivity index (χ0) is 11.4. The Morgan fingerprint density at radius 2 is 1.93 bits per heavy atom. The van der Waals surface area contributed by atoms with E-state index in [2.05, 4.69) is 51.4 Å². The highest BCUT2D eigenvalue weighted by Crippen LogP contribution is 2.24. The Hall–Kier alpha value is -1.50. The normalized spacial score (nSPS) is 11.9. The van der Waals surface area contributed by atoms with Crippen molar-refractivity contribution in [3.05, 3.63) is 48.1 Å². The van der Waals surface area contributed by atoms with Gasteiger partial charge in [0.15, 0.2) is 0 Å². The summed E-state index contributed by atoms with van der Waals surface area (Å²) in [5.74, 6) is 0. The summed E-state index contributed by atoms with van der Waals surface area (Å²) in [5, 5.41) is 3.39. The third-order valence-electron chi connectivity index (χ3n) is 2.73. The fourth-order valence-corrected chi connectivity index (χ4v) is 1.53. The summed E-state index contributed by atoms with van der Waals surface area (Å²) in [6.07, 6.45) is 3.79. The summed E-state index contributed by atoms with van der Waals surface area (Å²) in [5.41, 5.74) is 4.89. The predicted molar refractivity (Wildman–Crippen MR) is 69.3 cm³/mol. The van der Waals surface area contributed by atoms with Gasteiger partial charge in [-0.2, -0.15) is 0 Å². The Labute approximate surface area is 92.5 Å². The van der Waals surface area contributed by atoms with E-state index < -0.39 is 0 Å². The number of nitrogens with one attached hydrogen (secondary N) is 1. The van der Waals surface area contributed by atoms with Crippen LogP contribution in [0, 0.1) is 13.8 Å². The molecule has 0 aliphatic rings. The SMILES string of the molecule is C=Cc1c(NC(C)C=C)ccc(C)c1C. The van der Waals surface area contributed by atoms with Crippen LogP contribution in [0.2, 0.25) is 0 Å². The molecule has 0 heterocycles. The molecular formula is C14H19N. The zero-order valence-electron chi connectivity index (χ0n) is 9.80. The molecule has 1 atom stereocenters. The van der Waals surface area contributed by atoms with E-state index >= 15 is 0 Å². The van der Waals surface area contributed by atoms with Crippen LogP contribution in [0.5, 0.6) is 0 Å². The summed E-state index contributed by atoms with van der Waals surface area (Å²) in [7, 11) is 0. The van der Waals surface area contributed by atoms with Gasteiger partial charge in [0.25, 0.3) is 0 Å². The minimum Gasteiger partial charge on any atom is -0.379 e. The fourth-order valence-electron chi connectivity index (χ4n) is 1.53. The summed E-state index contributed by atoms with van der Waals surface area (Å²) in [6.45, 7) is 13.9. The van der Waals surface area contributed by atoms with E-state index in [0.29, 0.717) is 0 Å². The standard InChI is InChI=1S/C14H19N/c1-6-11(4)15-14-9-8-10(3)12(5)13(14)7-2/h6-9,11,15H,1-2H2,3-5H3. The largest absolute Gasteiger partial charge is 0.379 e. The van der Waals surface area contributed by atoms with Gasteiger partial charge in [-0.25, -0.2) is 0 Å². The molecule has 1 aromatic rings. The molecule has 0 aliphatic heterocycles. The topological polar surface area (TPSA) is 12.0 Å². The predicted octanol–water partition coefficient (Wildman–Crippen LogP) is 3.93. The molecule has 0 fully saturated rings. The summed E-state index contributed by atoms with van der Waals surface area (Å²) in [6, 6.07) is 4.49. The number of hydrogen-bond acceptors (Lipinski definition) is 1. The van der Waals surface area contributed by atoms with Crippen molar-refractivity contribution in [2.45, 2.75) is 26.8 Å². The summed E-state index contributed by atoms with van der Waals surface area (Å²) in [4.78, 5) is 0. The lowest BCUT2D eigenvalue weighted by molar-refractivity contribution is 0.999. The first-order valence-corrected chi connectivity index (χ1v) is 5.22. The van der Waals surface area contributed by atoms with Crippen molar-refractivity contribution < 1.29 is 0 Å². The first-order chi connectivity index (χ1) is 7.10. The van der Waals surface area contributed by atoms with Gasteiger partial charge < -0.3 is 5.32 Å². The lowest BCUT2D eigenvalue weighted by Gasteiger charge is -2.16. The number of anilines is 1. The van der Waals surface area contributed by atoms with Crippen molar-refractivity contribution in [1.82, 2.24) is 0 Å². The van der Waals surface area contributed by atoms with Crippen LogP contribution in [0.3, 0.4) is 0 Å². The van der Waals surface area contributed by atoms with Crippen molar-refractivity contribution in [1.29, 1.82) is 0 Å². The highest BCUT2D eigenvalue weighted by atomic mass is 14.9. The molecule has 1 N–H and O–H groups in total. The minimum atomic E-state index is 0.269. The molecule has 1 unspecified atom stereocenters. The van der Waals surface area contributed by atoms with Crippen molar-refractivity contribution in [2.75, 3.05) is 5.32 Å². The Bertz CT molecular complexity index is 377. The van der Waals surface area contributed by atoms with Crippen LogP contribution in [0.25, 0.3) is 6.08 Å². The van der Waals surface area contributed by atoms with Crippen molar-refractivity contribution in [3.63, 3.8) is 0 Å². The van der Waals surface area contributed by atoms with Gasteiger partial charge in [-0.1, -0.05) is 24.8 Å². The molecule has 1 aromatic carbocycles. The molecule has 0 aliphatic carbocycles. The van der Waals surface area contributed by atoms with E-state index in [1.807, 2.05) is 12.2 Å². The second-order valence-corrected chi connectivity index (χ2v) is 3.84. The van der Waals surface area contributed by atoms with E-state index in [4.69, 9.17) is 0 Å². The highest BCUT2D eigenvalue weighted by Gasteiger charge is 2.05. The molecule has 1 rings (SSSR count). The van der Waals surface area contributed by atoms with Crippen LogP contribution in [0.1, 0.15) is 23.6 Å². The lowest BCUT2D eigenvalue weighted by atomic mass is 10.0. The maximum absolute atomic E-state index is 3.86. The third kappa shape index (κ3) is 2.50. The Morgan fingerprint density at radius 3 is 2.47 bits per heavy atom. The fraction of sp³-hybridized carbons (Fsp3) is 0.286. The van der Waals surface area contributed by atoms with Crippen molar-refractivity contribution in [3.8, 4) is 0 Å². The number of aryl methyl sites for hydroxylation is 1. The van der Waals surface area contributed by atoms with Gasteiger partial charge in [0.1, 0.15) is 0 Å². The first kappa shape index (κ1) is 11.6. The third-order valence-corrected chi connectivity index (χ3v) is 2.73. The van der Waals surface area contributed by atoms with E-state index in [9.17, 15) is 0 Å². The molecule has 0 saturated carbocycles. The molecule has 0 amide bonds. The van der Waals surface area contributed by atoms with Gasteiger partial charge in [0.2, 0.25) is 0 Å². The van der Waals surface area contributed by atoms with E-state index in [-0.39, 0.29) is 6.04 Å². The Balaban J connectivity index is 3.13. The first-order valence-electron chi connectivity index (χ1n) is 5.22. The average Bonchev–Trinajstić information content (AvgIpc) is 2.24. The second-order valence-electron chi connectivity index (χ2n) is 3.84. The lowest BCUT2D eigenvalue weighted by Crippen LogP contribution is -2.12. The zero-order valence-corrected chi connectivity index (χ0v) is 9.80. The van der Waals surface area contributed by atoms with Crippen LogP contribution >= 0.6 is 0 Å². The molecule has 0 aromatic heterocycles. The summed E-state index contributed by atoms with van der Waals surface area (Å²) >= 11 is 0. The average molecular weight is 201 g/mol. The molecule has 80 valence electrons. The van der Waals surface area contributed by atoms with Gasteiger partial charge in [-0.05, 0) is 38.0 Å². The maximum atomic E-state index is 3.86. The van der Waals surface area contributed by atoms with Gasteiger partial charge in [0.05, 0.1) is 0 Å². The summed E-state index contributed by atoms with van der Waals surface area (Å²) < 4.78 is 0. The molecule has 0 radical (unpaired) electrons. The van der Waals surface area contributed by atoms with Gasteiger partial charge in [-0.15, -0.1) is 6.58 Å². The van der Waals surface area contributed by atoms with Crippen molar-refractivity contribution >= 4 is 11.8 Å². The molecule has 0 spiro atoms. The highest BCUT2D eigenvalue weighted by molar-refractivity contribution is 5.70. The van der Waals surface area contributed by atoms with Crippen LogP contribution < -0.4 is 5.32 Å². The van der Waals surface area contributed by atoms with Crippen LogP contribution in [0.15, 0.2) is 31.4 Å². The van der Waals surface area contributed by atoms with E-state index in [0.717, 1.165) is 5.69 Å². The second kappa shape index (κ2) is 4.83. The molecule has 1 nitrogen and oxygen atoms in total. The van der Waals surface area contributed by atoms with E-state index in [1.54, 1.807) is 0 Å². The number of rotatable bonds is 4. The molecular weight excluding hydrogens is 182 g/mol. The van der Waals surface area contributed by atoms with Crippen LogP contribution in [-0.4, -0.2) is 6.04 Å².